The van der Waals surface area contributed by atoms with Crippen molar-refractivity contribution in [1.82, 2.24) is 5.73 Å². The Bertz CT molecular complexity index is 219. The van der Waals surface area contributed by atoms with Crippen LogP contribution in [0, 0.1) is 0 Å². The van der Waals surface area contributed by atoms with E-state index in [1.807, 2.05) is 0 Å². The molecule has 0 aromatic rings. The van der Waals surface area contributed by atoms with Gasteiger partial charge in [0, 0.05) is 13.0 Å². The van der Waals surface area contributed by atoms with Crippen LogP contribution in [-0.4, -0.2) is 19.1 Å². The molecule has 0 aliphatic carbocycles. The Balaban J connectivity index is 3.04. The normalized spacial score (nSPS) is 10.8. The molecule has 0 aliphatic rings. The summed E-state index contributed by atoms with van der Waals surface area (Å²) in [5.41, 5.74) is 6.90. The number of carbonyl (C=O) groups excluding carboxylic acids is 1. The summed E-state index contributed by atoms with van der Waals surface area (Å²) in [4.78, 5) is 11.2. The first-order chi connectivity index (χ1) is 10.3. The number of carbonyl (C=O) groups is 1. The minimum atomic E-state index is -0.134. The summed E-state index contributed by atoms with van der Waals surface area (Å²) in [6, 6.07) is 0. The zero-order valence-corrected chi connectivity index (χ0v) is 14.1. The van der Waals surface area contributed by atoms with Crippen molar-refractivity contribution in [2.75, 3.05) is 13.2 Å². The van der Waals surface area contributed by atoms with E-state index >= 15 is 0 Å². The van der Waals surface area contributed by atoms with E-state index in [0.717, 1.165) is 12.8 Å². The first-order valence-electron chi connectivity index (χ1n) is 9.11. The average Bonchev–Trinajstić information content (AvgIpc) is 2.49. The third kappa shape index (κ3) is 17.4. The number of esters is 1. The number of rotatable bonds is 16. The van der Waals surface area contributed by atoms with Gasteiger partial charge in [-0.2, -0.15) is 0 Å². The molecule has 0 aliphatic heterocycles. The fourth-order valence-corrected chi connectivity index (χ4v) is 2.52. The van der Waals surface area contributed by atoms with Gasteiger partial charge in [-0.3, -0.25) is 10.5 Å². The lowest BCUT2D eigenvalue weighted by Crippen LogP contribution is -2.08. The van der Waals surface area contributed by atoms with Gasteiger partial charge < -0.3 is 4.74 Å². The molecule has 0 rings (SSSR count). The number of ether oxygens (including phenoxy) is 1. The predicted octanol–water partition coefficient (Wildman–Crippen LogP) is 5.29. The van der Waals surface area contributed by atoms with Crippen molar-refractivity contribution in [3.8, 4) is 0 Å². The van der Waals surface area contributed by atoms with Crippen LogP contribution in [0.5, 0.6) is 0 Å². The first kappa shape index (κ1) is 20.4. The second kappa shape index (κ2) is 17.5. The van der Waals surface area contributed by atoms with Gasteiger partial charge in [0.25, 0.3) is 0 Å². The van der Waals surface area contributed by atoms with E-state index in [1.165, 1.54) is 70.6 Å². The maximum absolute atomic E-state index is 11.2. The van der Waals surface area contributed by atoms with Crippen LogP contribution in [0.4, 0.5) is 0 Å². The highest BCUT2D eigenvalue weighted by molar-refractivity contribution is 5.69. The van der Waals surface area contributed by atoms with Crippen LogP contribution < -0.4 is 5.73 Å². The molecule has 21 heavy (non-hydrogen) atoms. The van der Waals surface area contributed by atoms with Gasteiger partial charge in [0.05, 0.1) is 0 Å². The zero-order valence-electron chi connectivity index (χ0n) is 14.1. The van der Waals surface area contributed by atoms with E-state index in [0.29, 0.717) is 6.42 Å². The Labute approximate surface area is 132 Å². The molecule has 3 nitrogen and oxygen atoms in total. The molecule has 0 saturated heterocycles. The Kier molecular flexibility index (Phi) is 17.0. The van der Waals surface area contributed by atoms with E-state index < -0.39 is 0 Å². The molecule has 125 valence electrons. The number of nitrogens with one attached hydrogen (secondary N) is 1. The van der Waals surface area contributed by atoms with Crippen LogP contribution in [0.25, 0.3) is 0 Å². The number of hydrogen-bond acceptors (Lipinski definition) is 2. The SMILES string of the molecule is CCCCCCCCCCCCCCCC(=O)OCC[NH]. The summed E-state index contributed by atoms with van der Waals surface area (Å²) >= 11 is 0. The maximum Gasteiger partial charge on any atom is 0.305 e. The van der Waals surface area contributed by atoms with Gasteiger partial charge in [-0.1, -0.05) is 84.0 Å². The molecule has 0 fully saturated rings. The summed E-state index contributed by atoms with van der Waals surface area (Å²) < 4.78 is 4.87. The molecule has 0 bridgehead atoms. The van der Waals surface area contributed by atoms with E-state index in [-0.39, 0.29) is 19.1 Å². The van der Waals surface area contributed by atoms with Crippen LogP contribution in [0.15, 0.2) is 0 Å². The second-order valence-corrected chi connectivity index (χ2v) is 5.96. The van der Waals surface area contributed by atoms with Gasteiger partial charge in [-0.15, -0.1) is 0 Å². The third-order valence-corrected chi connectivity index (χ3v) is 3.85. The number of hydrogen-bond donors (Lipinski definition) is 0. The Morgan fingerprint density at radius 2 is 1.19 bits per heavy atom. The van der Waals surface area contributed by atoms with Crippen molar-refractivity contribution < 1.29 is 9.53 Å². The Hall–Kier alpha value is -0.570. The van der Waals surface area contributed by atoms with Crippen molar-refractivity contribution in [3.05, 3.63) is 0 Å². The summed E-state index contributed by atoms with van der Waals surface area (Å²) in [6.07, 6.45) is 17.7. The average molecular weight is 298 g/mol. The zero-order chi connectivity index (χ0) is 15.6. The predicted molar refractivity (Wildman–Crippen MR) is 89.2 cm³/mol. The first-order valence-corrected chi connectivity index (χ1v) is 9.11. The van der Waals surface area contributed by atoms with Gasteiger partial charge in [-0.05, 0) is 6.42 Å². The molecule has 3 heteroatoms. The third-order valence-electron chi connectivity index (χ3n) is 3.85. The molecular weight excluding hydrogens is 262 g/mol. The molecule has 0 spiro atoms. The topological polar surface area (TPSA) is 50.1 Å². The molecule has 0 atom stereocenters. The van der Waals surface area contributed by atoms with E-state index in [4.69, 9.17) is 10.5 Å². The van der Waals surface area contributed by atoms with Crippen LogP contribution in [0.1, 0.15) is 96.8 Å². The quantitative estimate of drug-likeness (QED) is 0.287. The lowest BCUT2D eigenvalue weighted by atomic mass is 10.0. The van der Waals surface area contributed by atoms with Gasteiger partial charge in [-0.25, -0.2) is 0 Å². The van der Waals surface area contributed by atoms with Crippen molar-refractivity contribution in [1.29, 1.82) is 0 Å². The molecule has 0 aromatic heterocycles. The Morgan fingerprint density at radius 1 is 0.762 bits per heavy atom. The summed E-state index contributed by atoms with van der Waals surface area (Å²) in [7, 11) is 0. The second-order valence-electron chi connectivity index (χ2n) is 5.96. The fourth-order valence-electron chi connectivity index (χ4n) is 2.52. The minimum absolute atomic E-state index is 0.134. The molecule has 1 radical (unpaired) electrons. The highest BCUT2D eigenvalue weighted by Gasteiger charge is 2.01. The summed E-state index contributed by atoms with van der Waals surface area (Å²) in [5.74, 6) is -0.134. The van der Waals surface area contributed by atoms with Crippen molar-refractivity contribution in [3.63, 3.8) is 0 Å². The lowest BCUT2D eigenvalue weighted by molar-refractivity contribution is -0.143. The van der Waals surface area contributed by atoms with E-state index in [2.05, 4.69) is 6.92 Å². The smallest absolute Gasteiger partial charge is 0.305 e. The minimum Gasteiger partial charge on any atom is -0.464 e. The van der Waals surface area contributed by atoms with Crippen LogP contribution in [0.3, 0.4) is 0 Å². The highest BCUT2D eigenvalue weighted by atomic mass is 16.5. The molecule has 0 aromatic carbocycles. The summed E-state index contributed by atoms with van der Waals surface area (Å²) in [6.45, 7) is 2.68. The van der Waals surface area contributed by atoms with Crippen molar-refractivity contribution in [2.45, 2.75) is 96.8 Å². The van der Waals surface area contributed by atoms with Gasteiger partial charge in [0.2, 0.25) is 0 Å². The van der Waals surface area contributed by atoms with Crippen molar-refractivity contribution in [2.24, 2.45) is 0 Å². The molecular formula is C18H36NO2. The van der Waals surface area contributed by atoms with Crippen molar-refractivity contribution >= 4 is 5.97 Å². The monoisotopic (exact) mass is 298 g/mol. The van der Waals surface area contributed by atoms with Gasteiger partial charge in [0.1, 0.15) is 6.61 Å². The standard InChI is InChI=1S/C18H36NO2/c1-2-3-4-5-6-7-8-9-10-11-12-13-14-15-18(20)21-17-16-19/h19H,2-17H2,1H3. The summed E-state index contributed by atoms with van der Waals surface area (Å²) in [5, 5.41) is 0. The molecule has 1 N–H and O–H groups in total. The van der Waals surface area contributed by atoms with E-state index in [1.54, 1.807) is 0 Å². The van der Waals surface area contributed by atoms with Crippen LogP contribution >= 0.6 is 0 Å². The van der Waals surface area contributed by atoms with Crippen LogP contribution in [-0.2, 0) is 9.53 Å². The Morgan fingerprint density at radius 3 is 1.62 bits per heavy atom. The molecule has 0 unspecified atom stereocenters. The highest BCUT2D eigenvalue weighted by Crippen LogP contribution is 2.12. The molecule has 0 heterocycles. The lowest BCUT2D eigenvalue weighted by Gasteiger charge is -2.04. The molecule has 0 amide bonds. The largest absolute Gasteiger partial charge is 0.464 e. The van der Waals surface area contributed by atoms with Gasteiger partial charge in [0.15, 0.2) is 0 Å². The molecule has 0 saturated carbocycles. The van der Waals surface area contributed by atoms with E-state index in [9.17, 15) is 4.79 Å². The van der Waals surface area contributed by atoms with Crippen LogP contribution in [0.2, 0.25) is 0 Å². The number of unbranched alkanes of at least 4 members (excludes halogenated alkanes) is 12. The maximum atomic E-state index is 11.2. The van der Waals surface area contributed by atoms with Gasteiger partial charge >= 0.3 is 5.97 Å². The fraction of sp³-hybridized carbons (Fsp3) is 0.944.